The Bertz CT molecular complexity index is 1030. The Morgan fingerprint density at radius 1 is 1.21 bits per heavy atom. The van der Waals surface area contributed by atoms with Crippen LogP contribution in [0.5, 0.6) is 11.5 Å². The average Bonchev–Trinajstić information content (AvgIpc) is 2.99. The first-order valence-electron chi connectivity index (χ1n) is 8.56. The van der Waals surface area contributed by atoms with Crippen LogP contribution in [0, 0.1) is 0 Å². The van der Waals surface area contributed by atoms with Crippen LogP contribution >= 0.6 is 0 Å². The Balaban J connectivity index is 1.98. The van der Waals surface area contributed by atoms with E-state index in [0.29, 0.717) is 34.9 Å². The summed E-state index contributed by atoms with van der Waals surface area (Å²) >= 11 is 0. The van der Waals surface area contributed by atoms with Gasteiger partial charge in [0.25, 0.3) is 0 Å². The Labute approximate surface area is 165 Å². The van der Waals surface area contributed by atoms with Gasteiger partial charge in [0.05, 0.1) is 12.8 Å². The third-order valence-electron chi connectivity index (χ3n) is 4.41. The predicted octanol–water partition coefficient (Wildman–Crippen LogP) is 3.57. The minimum atomic E-state index is -2.90. The van der Waals surface area contributed by atoms with Crippen molar-refractivity contribution in [2.45, 2.75) is 13.0 Å². The third-order valence-corrected chi connectivity index (χ3v) is 4.41. The molecule has 3 aromatic rings. The molecule has 0 spiro atoms. The molecule has 0 unspecified atom stereocenters. The first-order chi connectivity index (χ1) is 13.8. The van der Waals surface area contributed by atoms with E-state index in [2.05, 4.69) is 9.72 Å². The van der Waals surface area contributed by atoms with E-state index in [-0.39, 0.29) is 11.4 Å². The molecule has 152 valence electrons. The second-order valence-electron chi connectivity index (χ2n) is 6.24. The largest absolute Gasteiger partial charge is 0.497 e. The molecule has 29 heavy (non-hydrogen) atoms. The molecule has 0 aliphatic carbocycles. The van der Waals surface area contributed by atoms with E-state index in [1.807, 2.05) is 0 Å². The van der Waals surface area contributed by atoms with Crippen molar-refractivity contribution in [2.24, 2.45) is 7.05 Å². The Kier molecular flexibility index (Phi) is 5.67. The highest BCUT2D eigenvalue weighted by molar-refractivity contribution is 5.95. The van der Waals surface area contributed by atoms with E-state index in [0.717, 1.165) is 5.56 Å². The summed E-state index contributed by atoms with van der Waals surface area (Å²) in [5, 5.41) is 9.61. The summed E-state index contributed by atoms with van der Waals surface area (Å²) in [4.78, 5) is 16.0. The lowest BCUT2D eigenvalue weighted by Gasteiger charge is -2.11. The van der Waals surface area contributed by atoms with Crippen molar-refractivity contribution in [2.75, 3.05) is 12.8 Å². The number of carbonyl (C=O) groups is 1. The molecule has 3 rings (SSSR count). The van der Waals surface area contributed by atoms with Crippen molar-refractivity contribution in [1.29, 1.82) is 0 Å². The number of anilines is 1. The number of imidazole rings is 1. The standard InChI is InChI=1S/C20H19F2N3O4/c1-25-16(9-11-3-5-12(6-4-11)29-20(21)22)24-17(19(26)27)18(25)14-8-7-13(28-2)10-15(14)23/h3-8,10,20H,9,23H2,1-2H3,(H,26,27). The maximum absolute atomic E-state index is 12.3. The van der Waals surface area contributed by atoms with Crippen LogP contribution in [0.2, 0.25) is 0 Å². The summed E-state index contributed by atoms with van der Waals surface area (Å²) in [6.07, 6.45) is 0.293. The van der Waals surface area contributed by atoms with Crippen molar-refractivity contribution in [3.63, 3.8) is 0 Å². The maximum Gasteiger partial charge on any atom is 0.387 e. The molecule has 0 atom stereocenters. The van der Waals surface area contributed by atoms with E-state index in [1.54, 1.807) is 41.9 Å². The van der Waals surface area contributed by atoms with Gasteiger partial charge < -0.3 is 24.9 Å². The van der Waals surface area contributed by atoms with Crippen LogP contribution < -0.4 is 15.2 Å². The average molecular weight is 403 g/mol. The van der Waals surface area contributed by atoms with E-state index in [1.165, 1.54) is 19.2 Å². The van der Waals surface area contributed by atoms with Crippen molar-refractivity contribution < 1.29 is 28.2 Å². The Morgan fingerprint density at radius 3 is 2.41 bits per heavy atom. The van der Waals surface area contributed by atoms with Crippen LogP contribution in [0.25, 0.3) is 11.3 Å². The molecular weight excluding hydrogens is 384 g/mol. The topological polar surface area (TPSA) is 99.6 Å². The van der Waals surface area contributed by atoms with Crippen molar-refractivity contribution in [1.82, 2.24) is 9.55 Å². The maximum atomic E-state index is 12.3. The van der Waals surface area contributed by atoms with Gasteiger partial charge in [-0.3, -0.25) is 0 Å². The number of alkyl halides is 2. The molecule has 0 saturated carbocycles. The van der Waals surface area contributed by atoms with Crippen LogP contribution in [-0.4, -0.2) is 34.3 Å². The number of hydrogen-bond donors (Lipinski definition) is 2. The lowest BCUT2D eigenvalue weighted by atomic mass is 10.1. The van der Waals surface area contributed by atoms with E-state index in [4.69, 9.17) is 10.5 Å². The second-order valence-corrected chi connectivity index (χ2v) is 6.24. The number of hydrogen-bond acceptors (Lipinski definition) is 5. The van der Waals surface area contributed by atoms with Crippen molar-refractivity contribution in [3.05, 3.63) is 59.5 Å². The first-order valence-corrected chi connectivity index (χ1v) is 8.56. The number of carboxylic acid groups (broad SMARTS) is 1. The monoisotopic (exact) mass is 403 g/mol. The number of methoxy groups -OCH3 is 1. The van der Waals surface area contributed by atoms with Gasteiger partial charge in [-0.05, 0) is 29.8 Å². The summed E-state index contributed by atoms with van der Waals surface area (Å²) in [6.45, 7) is -2.90. The van der Waals surface area contributed by atoms with Gasteiger partial charge in [-0.15, -0.1) is 0 Å². The summed E-state index contributed by atoms with van der Waals surface area (Å²) in [5.74, 6) is -0.106. The zero-order chi connectivity index (χ0) is 21.1. The molecule has 0 radical (unpaired) electrons. The summed E-state index contributed by atoms with van der Waals surface area (Å²) < 4.78 is 35.7. The lowest BCUT2D eigenvalue weighted by Crippen LogP contribution is -2.04. The predicted molar refractivity (Wildman–Crippen MR) is 102 cm³/mol. The van der Waals surface area contributed by atoms with Gasteiger partial charge in [-0.2, -0.15) is 8.78 Å². The minimum Gasteiger partial charge on any atom is -0.497 e. The normalized spacial score (nSPS) is 10.9. The number of nitrogens with two attached hydrogens (primary N) is 1. The number of aromatic carboxylic acids is 1. The molecule has 0 fully saturated rings. The zero-order valence-electron chi connectivity index (χ0n) is 15.7. The van der Waals surface area contributed by atoms with Gasteiger partial charge in [0.2, 0.25) is 0 Å². The number of carboxylic acids is 1. The van der Waals surface area contributed by atoms with Gasteiger partial charge in [0.1, 0.15) is 17.3 Å². The van der Waals surface area contributed by atoms with Crippen LogP contribution in [0.15, 0.2) is 42.5 Å². The number of aromatic nitrogens is 2. The van der Waals surface area contributed by atoms with Crippen LogP contribution in [0.1, 0.15) is 21.9 Å². The molecule has 9 heteroatoms. The molecule has 7 nitrogen and oxygen atoms in total. The van der Waals surface area contributed by atoms with Crippen molar-refractivity contribution in [3.8, 4) is 22.8 Å². The summed E-state index contributed by atoms with van der Waals surface area (Å²) in [7, 11) is 3.21. The van der Waals surface area contributed by atoms with E-state index >= 15 is 0 Å². The van der Waals surface area contributed by atoms with Gasteiger partial charge in [0.15, 0.2) is 5.69 Å². The Hall–Kier alpha value is -3.62. The number of ether oxygens (including phenoxy) is 2. The highest BCUT2D eigenvalue weighted by Gasteiger charge is 2.23. The number of rotatable bonds is 7. The molecule has 1 aromatic heterocycles. The Morgan fingerprint density at radius 2 is 1.86 bits per heavy atom. The van der Waals surface area contributed by atoms with Crippen LogP contribution in [0.3, 0.4) is 0 Å². The van der Waals surface area contributed by atoms with Gasteiger partial charge >= 0.3 is 12.6 Å². The number of nitrogen functional groups attached to an aromatic ring is 1. The molecule has 3 N–H and O–H groups in total. The molecular formula is C20H19F2N3O4. The van der Waals surface area contributed by atoms with E-state index < -0.39 is 12.6 Å². The van der Waals surface area contributed by atoms with Crippen molar-refractivity contribution >= 4 is 11.7 Å². The van der Waals surface area contributed by atoms with Crippen LogP contribution in [-0.2, 0) is 13.5 Å². The third kappa shape index (κ3) is 4.29. The fraction of sp³-hybridized carbons (Fsp3) is 0.200. The SMILES string of the molecule is COc1ccc(-c2c(C(=O)O)nc(Cc3ccc(OC(F)F)cc3)n2C)c(N)c1. The molecule has 1 heterocycles. The molecule has 0 bridgehead atoms. The van der Waals surface area contributed by atoms with E-state index in [9.17, 15) is 18.7 Å². The summed E-state index contributed by atoms with van der Waals surface area (Å²) in [6, 6.07) is 11.1. The van der Waals surface area contributed by atoms with Gasteiger partial charge in [0, 0.05) is 30.8 Å². The lowest BCUT2D eigenvalue weighted by molar-refractivity contribution is -0.0498. The number of benzene rings is 2. The minimum absolute atomic E-state index is 0.0431. The quantitative estimate of drug-likeness (QED) is 0.585. The fourth-order valence-corrected chi connectivity index (χ4v) is 3.02. The molecule has 0 aliphatic rings. The zero-order valence-corrected chi connectivity index (χ0v) is 15.7. The number of halogens is 2. The fourth-order valence-electron chi connectivity index (χ4n) is 3.02. The molecule has 0 saturated heterocycles. The number of nitrogens with zero attached hydrogens (tertiary/aromatic N) is 2. The highest BCUT2D eigenvalue weighted by Crippen LogP contribution is 2.32. The molecule has 2 aromatic carbocycles. The smallest absolute Gasteiger partial charge is 0.387 e. The first kappa shape index (κ1) is 20.1. The molecule has 0 amide bonds. The van der Waals surface area contributed by atoms with Crippen LogP contribution in [0.4, 0.5) is 14.5 Å². The summed E-state index contributed by atoms with van der Waals surface area (Å²) in [5.41, 5.74) is 7.96. The van der Waals surface area contributed by atoms with Gasteiger partial charge in [-0.25, -0.2) is 9.78 Å². The van der Waals surface area contributed by atoms with Gasteiger partial charge in [-0.1, -0.05) is 12.1 Å². The highest BCUT2D eigenvalue weighted by atomic mass is 19.3. The molecule has 0 aliphatic heterocycles. The second kappa shape index (κ2) is 8.17.